The number of rotatable bonds is 5. The highest BCUT2D eigenvalue weighted by Gasteiger charge is 2.18. The molecule has 7 heteroatoms. The van der Waals surface area contributed by atoms with E-state index in [1.54, 1.807) is 17.6 Å². The van der Waals surface area contributed by atoms with Crippen LogP contribution >= 0.6 is 22.9 Å². The van der Waals surface area contributed by atoms with Gasteiger partial charge in [-0.3, -0.25) is 9.59 Å². The molecule has 1 aliphatic carbocycles. The van der Waals surface area contributed by atoms with Gasteiger partial charge in [-0.2, -0.15) is 4.99 Å². The molecule has 5 nitrogen and oxygen atoms in total. The van der Waals surface area contributed by atoms with Gasteiger partial charge in [-0.05, 0) is 43.9 Å². The Morgan fingerprint density at radius 2 is 2.08 bits per heavy atom. The van der Waals surface area contributed by atoms with Crippen LogP contribution < -0.4 is 4.80 Å². The summed E-state index contributed by atoms with van der Waals surface area (Å²) in [6.45, 7) is 2.12. The molecule has 0 bridgehead atoms. The van der Waals surface area contributed by atoms with Gasteiger partial charge in [0.25, 0.3) is 0 Å². The standard InChI is InChI=1S/C19H23ClN2O3S/c1-2-25-18(24)12-22-15-9-8-14(20)11-16(15)26-19(22)21-17(23)10-13-6-4-3-5-7-13/h8-9,11,13H,2-7,10,12H2,1H3. The molecule has 0 radical (unpaired) electrons. The lowest BCUT2D eigenvalue weighted by atomic mass is 9.87. The van der Waals surface area contributed by atoms with Gasteiger partial charge in [0.05, 0.1) is 16.8 Å². The predicted octanol–water partition coefficient (Wildman–Crippen LogP) is 4.32. The van der Waals surface area contributed by atoms with Gasteiger partial charge in [0.15, 0.2) is 4.80 Å². The van der Waals surface area contributed by atoms with Crippen molar-refractivity contribution in [2.24, 2.45) is 10.9 Å². The minimum atomic E-state index is -0.344. The van der Waals surface area contributed by atoms with E-state index in [1.807, 2.05) is 12.1 Å². The van der Waals surface area contributed by atoms with Crippen LogP contribution in [0.1, 0.15) is 45.4 Å². The lowest BCUT2D eigenvalue weighted by Crippen LogP contribution is -2.23. The van der Waals surface area contributed by atoms with Crippen molar-refractivity contribution in [3.05, 3.63) is 28.0 Å². The number of aromatic nitrogens is 1. The number of carbonyl (C=O) groups is 2. The minimum absolute atomic E-state index is 0.0328. The van der Waals surface area contributed by atoms with Crippen LogP contribution in [0.4, 0.5) is 0 Å². The first kappa shape index (κ1) is 19.1. The topological polar surface area (TPSA) is 60.7 Å². The Morgan fingerprint density at radius 3 is 2.81 bits per heavy atom. The first-order valence-electron chi connectivity index (χ1n) is 9.09. The van der Waals surface area contributed by atoms with Gasteiger partial charge in [-0.1, -0.05) is 42.2 Å². The summed E-state index contributed by atoms with van der Waals surface area (Å²) in [6.07, 6.45) is 6.34. The highest BCUT2D eigenvalue weighted by atomic mass is 35.5. The number of halogens is 1. The van der Waals surface area contributed by atoms with Gasteiger partial charge < -0.3 is 9.30 Å². The van der Waals surface area contributed by atoms with E-state index < -0.39 is 0 Å². The predicted molar refractivity (Wildman–Crippen MR) is 103 cm³/mol. The molecular weight excluding hydrogens is 372 g/mol. The maximum Gasteiger partial charge on any atom is 0.326 e. The Bertz CT molecular complexity index is 865. The van der Waals surface area contributed by atoms with E-state index >= 15 is 0 Å². The Hall–Kier alpha value is -1.66. The molecule has 1 amide bonds. The normalized spacial score (nSPS) is 16.2. The van der Waals surface area contributed by atoms with Crippen LogP contribution in [0.25, 0.3) is 10.2 Å². The molecule has 0 aliphatic heterocycles. The fraction of sp³-hybridized carbons (Fsp3) is 0.526. The Balaban J connectivity index is 1.91. The van der Waals surface area contributed by atoms with Crippen LogP contribution in [0.5, 0.6) is 0 Å². The van der Waals surface area contributed by atoms with Gasteiger partial charge in [0, 0.05) is 11.4 Å². The van der Waals surface area contributed by atoms with Crippen molar-refractivity contribution in [1.82, 2.24) is 4.57 Å². The molecule has 3 rings (SSSR count). The average Bonchev–Trinajstić information content (AvgIpc) is 2.92. The summed E-state index contributed by atoms with van der Waals surface area (Å²) in [5.74, 6) is -0.0298. The van der Waals surface area contributed by atoms with Crippen molar-refractivity contribution < 1.29 is 14.3 Å². The van der Waals surface area contributed by atoms with E-state index in [2.05, 4.69) is 4.99 Å². The van der Waals surface area contributed by atoms with Gasteiger partial charge in [0.1, 0.15) is 6.54 Å². The van der Waals surface area contributed by atoms with E-state index in [0.29, 0.717) is 28.8 Å². The molecule has 0 atom stereocenters. The average molecular weight is 395 g/mol. The maximum atomic E-state index is 12.5. The molecule has 1 aromatic heterocycles. The largest absolute Gasteiger partial charge is 0.465 e. The van der Waals surface area contributed by atoms with Crippen LogP contribution in [-0.4, -0.2) is 23.1 Å². The molecule has 1 heterocycles. The van der Waals surface area contributed by atoms with Crippen LogP contribution in [-0.2, 0) is 20.9 Å². The zero-order valence-electron chi connectivity index (χ0n) is 14.9. The monoisotopic (exact) mass is 394 g/mol. The maximum absolute atomic E-state index is 12.5. The first-order chi connectivity index (χ1) is 12.6. The zero-order valence-corrected chi connectivity index (χ0v) is 16.4. The minimum Gasteiger partial charge on any atom is -0.465 e. The van der Waals surface area contributed by atoms with E-state index in [-0.39, 0.29) is 18.4 Å². The SMILES string of the molecule is CCOC(=O)Cn1c(=NC(=O)CC2CCCCC2)sc2cc(Cl)ccc21. The van der Waals surface area contributed by atoms with Crippen molar-refractivity contribution >= 4 is 45.0 Å². The molecule has 140 valence electrons. The zero-order chi connectivity index (χ0) is 18.5. The number of esters is 1. The Morgan fingerprint density at radius 1 is 1.31 bits per heavy atom. The van der Waals surface area contributed by atoms with Crippen molar-refractivity contribution in [3.8, 4) is 0 Å². The summed E-state index contributed by atoms with van der Waals surface area (Å²) in [5, 5.41) is 0.613. The molecule has 1 aliphatic rings. The van der Waals surface area contributed by atoms with Crippen molar-refractivity contribution in [2.45, 2.75) is 52.0 Å². The number of nitrogens with zero attached hydrogens (tertiary/aromatic N) is 2. The Labute approximate surface area is 161 Å². The highest BCUT2D eigenvalue weighted by Crippen LogP contribution is 2.26. The number of thiazole rings is 1. The molecule has 2 aromatic rings. The lowest BCUT2D eigenvalue weighted by Gasteiger charge is -2.19. The number of ether oxygens (including phenoxy) is 1. The smallest absolute Gasteiger partial charge is 0.326 e. The van der Waals surface area contributed by atoms with E-state index in [0.717, 1.165) is 23.1 Å². The summed E-state index contributed by atoms with van der Waals surface area (Å²) in [6, 6.07) is 5.44. The second-order valence-corrected chi connectivity index (χ2v) is 8.05. The third-order valence-electron chi connectivity index (χ3n) is 4.65. The number of carbonyl (C=O) groups excluding carboxylic acids is 2. The van der Waals surface area contributed by atoms with Crippen molar-refractivity contribution in [2.75, 3.05) is 6.61 Å². The number of benzene rings is 1. The van der Waals surface area contributed by atoms with Crippen LogP contribution in [0.15, 0.2) is 23.2 Å². The molecule has 1 fully saturated rings. The molecule has 0 unspecified atom stereocenters. The molecule has 0 N–H and O–H groups in total. The number of hydrogen-bond donors (Lipinski definition) is 0. The van der Waals surface area contributed by atoms with Gasteiger partial charge in [-0.25, -0.2) is 0 Å². The first-order valence-corrected chi connectivity index (χ1v) is 10.3. The molecule has 0 spiro atoms. The molecule has 26 heavy (non-hydrogen) atoms. The third kappa shape index (κ3) is 4.74. The fourth-order valence-electron chi connectivity index (χ4n) is 3.41. The summed E-state index contributed by atoms with van der Waals surface area (Å²) < 4.78 is 7.70. The van der Waals surface area contributed by atoms with Gasteiger partial charge in [-0.15, -0.1) is 0 Å². The quantitative estimate of drug-likeness (QED) is 0.709. The number of amides is 1. The molecule has 1 aromatic carbocycles. The van der Waals surface area contributed by atoms with E-state index in [1.165, 1.54) is 30.6 Å². The van der Waals surface area contributed by atoms with E-state index in [4.69, 9.17) is 16.3 Å². The molecule has 1 saturated carbocycles. The second-order valence-electron chi connectivity index (χ2n) is 6.60. The van der Waals surface area contributed by atoms with Crippen molar-refractivity contribution in [3.63, 3.8) is 0 Å². The lowest BCUT2D eigenvalue weighted by molar-refractivity contribution is -0.143. The second kappa shape index (κ2) is 8.82. The van der Waals surface area contributed by atoms with Crippen LogP contribution in [0, 0.1) is 5.92 Å². The summed E-state index contributed by atoms with van der Waals surface area (Å²) in [7, 11) is 0. The summed E-state index contributed by atoms with van der Waals surface area (Å²) >= 11 is 7.45. The fourth-order valence-corrected chi connectivity index (χ4v) is 4.73. The number of fused-ring (bicyclic) bond motifs is 1. The van der Waals surface area contributed by atoms with Crippen LogP contribution in [0.2, 0.25) is 5.02 Å². The highest BCUT2D eigenvalue weighted by molar-refractivity contribution is 7.16. The van der Waals surface area contributed by atoms with Gasteiger partial charge in [0.2, 0.25) is 5.91 Å². The third-order valence-corrected chi connectivity index (χ3v) is 5.92. The van der Waals surface area contributed by atoms with Gasteiger partial charge >= 0.3 is 5.97 Å². The molecular formula is C19H23ClN2O3S. The van der Waals surface area contributed by atoms with Crippen molar-refractivity contribution in [1.29, 1.82) is 0 Å². The summed E-state index contributed by atoms with van der Waals surface area (Å²) in [5.41, 5.74) is 0.830. The molecule has 0 saturated heterocycles. The number of hydrogen-bond acceptors (Lipinski definition) is 4. The van der Waals surface area contributed by atoms with Crippen LogP contribution in [0.3, 0.4) is 0 Å². The summed E-state index contributed by atoms with van der Waals surface area (Å²) in [4.78, 5) is 29.3. The van der Waals surface area contributed by atoms with E-state index in [9.17, 15) is 9.59 Å². The Kier molecular flexibility index (Phi) is 6.48.